The number of hydrogen-bond donors (Lipinski definition) is 1. The summed E-state index contributed by atoms with van der Waals surface area (Å²) in [7, 11) is -2.02. The van der Waals surface area contributed by atoms with Crippen molar-refractivity contribution < 1.29 is 18.3 Å². The van der Waals surface area contributed by atoms with E-state index >= 15 is 0 Å². The summed E-state index contributed by atoms with van der Waals surface area (Å²) in [5.74, 6) is -1.59. The second-order valence-electron chi connectivity index (χ2n) is 3.86. The van der Waals surface area contributed by atoms with E-state index in [-0.39, 0.29) is 4.90 Å². The molecule has 1 N–H and O–H groups in total. The Morgan fingerprint density at radius 3 is 2.76 bits per heavy atom. The molecule has 0 aliphatic carbocycles. The van der Waals surface area contributed by atoms with Gasteiger partial charge in [0.1, 0.15) is 6.04 Å². The molecule has 1 aromatic rings. The molecule has 1 atom stereocenters. The molecule has 1 heterocycles. The third-order valence-corrected chi connectivity index (χ3v) is 4.77. The molecule has 1 aromatic carbocycles. The number of fused-ring (bicyclic) bond motifs is 1. The van der Waals surface area contributed by atoms with Crippen molar-refractivity contribution in [3.63, 3.8) is 0 Å². The van der Waals surface area contributed by atoms with Crippen LogP contribution in [0, 0.1) is 0 Å². The van der Waals surface area contributed by atoms with Crippen LogP contribution in [0.4, 0.5) is 5.69 Å². The zero-order valence-electron chi connectivity index (χ0n) is 8.92. The summed E-state index contributed by atoms with van der Waals surface area (Å²) >= 11 is 5.79. The zero-order chi connectivity index (χ0) is 12.8. The summed E-state index contributed by atoms with van der Waals surface area (Å²) in [5, 5.41) is 9.37. The summed E-state index contributed by atoms with van der Waals surface area (Å²) < 4.78 is 23.8. The van der Waals surface area contributed by atoms with Crippen LogP contribution in [0.3, 0.4) is 0 Å². The van der Waals surface area contributed by atoms with Crippen LogP contribution in [0.1, 0.15) is 0 Å². The van der Waals surface area contributed by atoms with Gasteiger partial charge in [-0.15, -0.1) is 0 Å². The highest BCUT2D eigenvalue weighted by molar-refractivity contribution is 7.91. The van der Waals surface area contributed by atoms with Crippen molar-refractivity contribution in [1.29, 1.82) is 0 Å². The van der Waals surface area contributed by atoms with Crippen LogP contribution in [0.2, 0.25) is 5.02 Å². The zero-order valence-corrected chi connectivity index (χ0v) is 10.5. The normalized spacial score (nSPS) is 22.0. The van der Waals surface area contributed by atoms with E-state index < -0.39 is 27.6 Å². The van der Waals surface area contributed by atoms with Gasteiger partial charge in [0.2, 0.25) is 0 Å². The Kier molecular flexibility index (Phi) is 2.79. The number of hydrogen-bond acceptors (Lipinski definition) is 4. The van der Waals surface area contributed by atoms with Gasteiger partial charge in [0.05, 0.1) is 16.3 Å². The SMILES string of the molecule is CN1c2cc(Cl)ccc2S(=O)(=O)CC1C(=O)O. The van der Waals surface area contributed by atoms with Gasteiger partial charge in [0.25, 0.3) is 0 Å². The number of nitrogens with zero attached hydrogens (tertiary/aromatic N) is 1. The van der Waals surface area contributed by atoms with E-state index in [9.17, 15) is 13.2 Å². The fourth-order valence-corrected chi connectivity index (χ4v) is 3.77. The van der Waals surface area contributed by atoms with Crippen LogP contribution in [0.25, 0.3) is 0 Å². The summed E-state index contributed by atoms with van der Waals surface area (Å²) in [6.45, 7) is 0. The first kappa shape index (κ1) is 12.2. The number of carbonyl (C=O) groups is 1. The van der Waals surface area contributed by atoms with Crippen molar-refractivity contribution in [2.45, 2.75) is 10.9 Å². The van der Waals surface area contributed by atoms with Gasteiger partial charge >= 0.3 is 5.97 Å². The number of aliphatic carboxylic acids is 1. The van der Waals surface area contributed by atoms with E-state index in [0.717, 1.165) is 0 Å². The van der Waals surface area contributed by atoms with E-state index in [1.807, 2.05) is 0 Å². The average molecular weight is 276 g/mol. The molecule has 1 aliphatic heterocycles. The summed E-state index contributed by atoms with van der Waals surface area (Å²) in [6, 6.07) is 3.27. The van der Waals surface area contributed by atoms with Crippen LogP contribution in [-0.2, 0) is 14.6 Å². The van der Waals surface area contributed by atoms with Gasteiger partial charge in [-0.1, -0.05) is 11.6 Å². The lowest BCUT2D eigenvalue weighted by Crippen LogP contribution is -2.47. The maximum absolute atomic E-state index is 11.9. The van der Waals surface area contributed by atoms with Crippen molar-refractivity contribution >= 4 is 33.1 Å². The number of rotatable bonds is 1. The highest BCUT2D eigenvalue weighted by Gasteiger charge is 2.37. The molecule has 0 aromatic heterocycles. The maximum atomic E-state index is 11.9. The Balaban J connectivity index is 2.66. The number of halogens is 1. The molecule has 7 heteroatoms. The Labute approximate surface area is 104 Å². The number of anilines is 1. The van der Waals surface area contributed by atoms with Crippen molar-refractivity contribution in [1.82, 2.24) is 0 Å². The second-order valence-corrected chi connectivity index (χ2v) is 6.30. The molecule has 0 saturated heterocycles. The third-order valence-electron chi connectivity index (χ3n) is 2.77. The predicted molar refractivity (Wildman–Crippen MR) is 63.3 cm³/mol. The van der Waals surface area contributed by atoms with E-state index in [4.69, 9.17) is 16.7 Å². The Hall–Kier alpha value is -1.27. The van der Waals surface area contributed by atoms with Gasteiger partial charge in [-0.05, 0) is 18.2 Å². The number of carboxylic acids is 1. The summed E-state index contributed by atoms with van der Waals surface area (Å²) in [4.78, 5) is 12.6. The quantitative estimate of drug-likeness (QED) is 0.828. The molecular formula is C10H10ClNO4S. The molecule has 1 unspecified atom stereocenters. The number of carboxylic acid groups (broad SMARTS) is 1. The van der Waals surface area contributed by atoms with Crippen LogP contribution < -0.4 is 4.90 Å². The first-order valence-corrected chi connectivity index (χ1v) is 6.84. The van der Waals surface area contributed by atoms with E-state index in [0.29, 0.717) is 10.7 Å². The monoisotopic (exact) mass is 275 g/mol. The molecule has 92 valence electrons. The first-order chi connectivity index (χ1) is 7.83. The number of benzene rings is 1. The van der Waals surface area contributed by atoms with Crippen LogP contribution >= 0.6 is 11.6 Å². The topological polar surface area (TPSA) is 74.7 Å². The van der Waals surface area contributed by atoms with Gasteiger partial charge in [0, 0.05) is 12.1 Å². The van der Waals surface area contributed by atoms with Crippen LogP contribution in [0.15, 0.2) is 23.1 Å². The Morgan fingerprint density at radius 2 is 2.18 bits per heavy atom. The lowest BCUT2D eigenvalue weighted by Gasteiger charge is -2.32. The van der Waals surface area contributed by atoms with E-state index in [1.54, 1.807) is 7.05 Å². The molecule has 5 nitrogen and oxygen atoms in total. The van der Waals surface area contributed by atoms with Gasteiger partial charge in [-0.25, -0.2) is 13.2 Å². The van der Waals surface area contributed by atoms with Gasteiger partial charge in [-0.2, -0.15) is 0 Å². The van der Waals surface area contributed by atoms with E-state index in [1.165, 1.54) is 23.1 Å². The maximum Gasteiger partial charge on any atom is 0.327 e. The molecule has 0 saturated carbocycles. The lowest BCUT2D eigenvalue weighted by molar-refractivity contribution is -0.138. The Bertz CT molecular complexity index is 584. The lowest BCUT2D eigenvalue weighted by atomic mass is 10.2. The predicted octanol–water partition coefficient (Wildman–Crippen LogP) is 1.02. The third kappa shape index (κ3) is 1.98. The second kappa shape index (κ2) is 3.89. The molecular weight excluding hydrogens is 266 g/mol. The molecule has 17 heavy (non-hydrogen) atoms. The standard InChI is InChI=1S/C10H10ClNO4S/c1-12-7-4-6(11)2-3-9(7)17(15,16)5-8(12)10(13)14/h2-4,8H,5H2,1H3,(H,13,14). The number of likely N-dealkylation sites (N-methyl/N-ethyl adjacent to an activating group) is 1. The van der Waals surface area contributed by atoms with Gasteiger partial charge in [-0.3, -0.25) is 0 Å². The largest absolute Gasteiger partial charge is 0.480 e. The highest BCUT2D eigenvalue weighted by Crippen LogP contribution is 2.34. The fraction of sp³-hybridized carbons (Fsp3) is 0.300. The van der Waals surface area contributed by atoms with Gasteiger partial charge in [0.15, 0.2) is 9.84 Å². The van der Waals surface area contributed by atoms with Crippen molar-refractivity contribution in [3.05, 3.63) is 23.2 Å². The fourth-order valence-electron chi connectivity index (χ4n) is 1.84. The molecule has 2 rings (SSSR count). The van der Waals surface area contributed by atoms with Crippen LogP contribution in [-0.4, -0.2) is 38.3 Å². The Morgan fingerprint density at radius 1 is 1.53 bits per heavy atom. The number of sulfone groups is 1. The summed E-state index contributed by atoms with van der Waals surface area (Å²) in [6.07, 6.45) is 0. The van der Waals surface area contributed by atoms with Gasteiger partial charge < -0.3 is 10.0 Å². The molecule has 1 aliphatic rings. The first-order valence-electron chi connectivity index (χ1n) is 4.81. The van der Waals surface area contributed by atoms with Crippen molar-refractivity contribution in [2.24, 2.45) is 0 Å². The molecule has 0 fully saturated rings. The molecule has 0 spiro atoms. The minimum absolute atomic E-state index is 0.127. The molecule has 0 radical (unpaired) electrons. The smallest absolute Gasteiger partial charge is 0.327 e. The average Bonchev–Trinajstić information content (AvgIpc) is 2.23. The van der Waals surface area contributed by atoms with E-state index in [2.05, 4.69) is 0 Å². The molecule has 0 amide bonds. The highest BCUT2D eigenvalue weighted by atomic mass is 35.5. The molecule has 0 bridgehead atoms. The summed E-state index contributed by atoms with van der Waals surface area (Å²) in [5.41, 5.74) is 0.330. The van der Waals surface area contributed by atoms with Crippen LogP contribution in [0.5, 0.6) is 0 Å². The van der Waals surface area contributed by atoms with Crippen molar-refractivity contribution in [3.8, 4) is 0 Å². The van der Waals surface area contributed by atoms with Crippen molar-refractivity contribution in [2.75, 3.05) is 17.7 Å². The minimum atomic E-state index is -3.57. The minimum Gasteiger partial charge on any atom is -0.480 e.